The molecule has 57 heavy (non-hydrogen) atoms. The van der Waals surface area contributed by atoms with Gasteiger partial charge in [0.1, 0.15) is 39.6 Å². The van der Waals surface area contributed by atoms with Crippen molar-refractivity contribution < 1.29 is 37.9 Å². The summed E-state index contributed by atoms with van der Waals surface area (Å²) in [6.07, 6.45) is 15.7. The highest BCUT2D eigenvalue weighted by atomic mass is 19.1. The molecule has 2 saturated carbocycles. The molecule has 13 heteroatoms. The van der Waals surface area contributed by atoms with Crippen molar-refractivity contribution in [3.8, 4) is 41.2 Å². The normalized spacial score (nSPS) is 27.9. The van der Waals surface area contributed by atoms with E-state index in [1.807, 2.05) is 4.90 Å². The standard InChI is InChI=1S/C44H51F2N5O6/c1-5-30-32(45)9-8-27-20-29(52)21-31(33(27)30)36-35(46)37-34(39(47-36)54-4)38(50-16-19-56-25-41(2,53)24-50)49-40(48-37)57-26-44-11-6-10-42(44,3)51(15-7-12-44)28-22-43(23-28)13-17-55-18-14-43/h1,8-9,20-21,28,52-53H,6-7,10-19,22-26H2,2-4H3/t41-,42+,44+/m0/s1. The third-order valence-electron chi connectivity index (χ3n) is 14.1. The number of pyridine rings is 1. The van der Waals surface area contributed by atoms with Crippen molar-refractivity contribution in [2.45, 2.75) is 88.8 Å². The lowest BCUT2D eigenvalue weighted by molar-refractivity contribution is -0.146. The molecule has 0 bridgehead atoms. The van der Waals surface area contributed by atoms with E-state index in [2.05, 4.69) is 22.7 Å². The first-order valence-corrected chi connectivity index (χ1v) is 20.3. The van der Waals surface area contributed by atoms with E-state index in [0.29, 0.717) is 30.0 Å². The van der Waals surface area contributed by atoms with Gasteiger partial charge in [-0.3, -0.25) is 4.90 Å². The molecule has 3 aliphatic heterocycles. The topological polar surface area (TPSA) is 123 Å². The number of aromatic nitrogens is 3. The summed E-state index contributed by atoms with van der Waals surface area (Å²) in [5.74, 6) is 0.968. The Hall–Kier alpha value is -4.35. The van der Waals surface area contributed by atoms with Gasteiger partial charge in [0, 0.05) is 47.7 Å². The zero-order valence-electron chi connectivity index (χ0n) is 33.0. The van der Waals surface area contributed by atoms with Crippen LogP contribution in [0.5, 0.6) is 17.6 Å². The summed E-state index contributed by atoms with van der Waals surface area (Å²) >= 11 is 0. The Balaban J connectivity index is 1.15. The van der Waals surface area contributed by atoms with Crippen LogP contribution in [0, 0.1) is 34.8 Å². The Labute approximate surface area is 331 Å². The van der Waals surface area contributed by atoms with E-state index in [-0.39, 0.29) is 87.3 Å². The first-order valence-electron chi connectivity index (χ1n) is 20.3. The van der Waals surface area contributed by atoms with Crippen LogP contribution in [-0.2, 0) is 9.47 Å². The number of methoxy groups -OCH3 is 1. The number of β-amino-alcohol motifs (C(OH)–C–C–N with tert-alkyl or cyclic N) is 1. The molecule has 0 radical (unpaired) electrons. The van der Waals surface area contributed by atoms with Gasteiger partial charge in [-0.2, -0.15) is 9.97 Å². The fraction of sp³-hybridized carbons (Fsp3) is 0.568. The second-order valence-corrected chi connectivity index (χ2v) is 17.6. The first kappa shape index (κ1) is 38.2. The molecule has 302 valence electrons. The number of anilines is 1. The maximum atomic E-state index is 17.4. The van der Waals surface area contributed by atoms with E-state index in [0.717, 1.165) is 64.7 Å². The molecule has 5 aliphatic rings. The summed E-state index contributed by atoms with van der Waals surface area (Å²) in [5.41, 5.74) is -1.45. The molecular formula is C44H51F2N5O6. The highest BCUT2D eigenvalue weighted by molar-refractivity contribution is 6.04. The number of rotatable bonds is 7. The monoisotopic (exact) mass is 783 g/mol. The van der Waals surface area contributed by atoms with Gasteiger partial charge in [-0.05, 0) is 101 Å². The predicted molar refractivity (Wildman–Crippen MR) is 212 cm³/mol. The Morgan fingerprint density at radius 3 is 2.53 bits per heavy atom. The average molecular weight is 784 g/mol. The number of aliphatic hydroxyl groups is 1. The van der Waals surface area contributed by atoms with E-state index in [4.69, 9.17) is 35.3 Å². The van der Waals surface area contributed by atoms with Crippen LogP contribution in [0.15, 0.2) is 24.3 Å². The highest BCUT2D eigenvalue weighted by Gasteiger charge is 2.61. The number of phenols is 1. The number of terminal acetylenes is 1. The van der Waals surface area contributed by atoms with Crippen molar-refractivity contribution in [3.63, 3.8) is 0 Å². The summed E-state index contributed by atoms with van der Waals surface area (Å²) in [7, 11) is 1.41. The summed E-state index contributed by atoms with van der Waals surface area (Å²) in [6.45, 7) is 8.09. The number of piperidine rings is 1. The molecule has 2 aliphatic carbocycles. The smallest absolute Gasteiger partial charge is 0.319 e. The van der Waals surface area contributed by atoms with Gasteiger partial charge in [-0.1, -0.05) is 18.4 Å². The van der Waals surface area contributed by atoms with Gasteiger partial charge in [0.15, 0.2) is 5.82 Å². The number of halogens is 2. The average Bonchev–Trinajstić information content (AvgIpc) is 3.43. The number of aromatic hydroxyl groups is 1. The molecule has 11 nitrogen and oxygen atoms in total. The fourth-order valence-corrected chi connectivity index (χ4v) is 11.1. The molecule has 5 heterocycles. The molecule has 4 aromatic rings. The van der Waals surface area contributed by atoms with Crippen LogP contribution in [0.2, 0.25) is 0 Å². The van der Waals surface area contributed by atoms with Crippen molar-refractivity contribution in [2.75, 3.05) is 64.7 Å². The predicted octanol–water partition coefficient (Wildman–Crippen LogP) is 6.77. The molecule has 3 atom stereocenters. The summed E-state index contributed by atoms with van der Waals surface area (Å²) in [4.78, 5) is 18.9. The number of phenolic OH excluding ortho intramolecular Hbond substituents is 1. The lowest BCUT2D eigenvalue weighted by Crippen LogP contribution is -2.67. The zero-order valence-corrected chi connectivity index (χ0v) is 33.0. The lowest BCUT2D eigenvalue weighted by atomic mass is 9.58. The SMILES string of the molecule is C#Cc1c(F)ccc2cc(O)cc(-c3nc(OC)c4c(N5CCOC[C@@](C)(O)C5)nc(OC[C@@]56CCCN(C7CC8(CCOCC8)C7)[C@]5(C)CCC6)nc4c3F)c12. The van der Waals surface area contributed by atoms with Gasteiger partial charge in [-0.25, -0.2) is 13.8 Å². The van der Waals surface area contributed by atoms with Crippen LogP contribution in [-0.4, -0.2) is 107 Å². The molecule has 1 spiro atoms. The van der Waals surface area contributed by atoms with Crippen LogP contribution in [0.3, 0.4) is 0 Å². The molecule has 9 rings (SSSR count). The van der Waals surface area contributed by atoms with Crippen molar-refractivity contribution in [1.82, 2.24) is 19.9 Å². The number of benzene rings is 2. The third kappa shape index (κ3) is 6.35. The van der Waals surface area contributed by atoms with E-state index in [9.17, 15) is 10.2 Å². The van der Waals surface area contributed by atoms with E-state index < -0.39 is 17.2 Å². The second kappa shape index (κ2) is 14.2. The number of likely N-dealkylation sites (tertiary alicyclic amines) is 1. The number of hydrogen-bond donors (Lipinski definition) is 2. The van der Waals surface area contributed by atoms with Gasteiger partial charge >= 0.3 is 6.01 Å². The van der Waals surface area contributed by atoms with Crippen molar-refractivity contribution in [1.29, 1.82) is 0 Å². The lowest BCUT2D eigenvalue weighted by Gasteiger charge is -2.62. The Morgan fingerprint density at radius 2 is 1.75 bits per heavy atom. The van der Waals surface area contributed by atoms with E-state index >= 15 is 8.78 Å². The van der Waals surface area contributed by atoms with Crippen LogP contribution in [0.4, 0.5) is 14.6 Å². The molecule has 2 aromatic carbocycles. The van der Waals surface area contributed by atoms with E-state index in [1.54, 1.807) is 6.92 Å². The Morgan fingerprint density at radius 1 is 0.965 bits per heavy atom. The van der Waals surface area contributed by atoms with Gasteiger partial charge in [-0.15, -0.1) is 6.42 Å². The number of fused-ring (bicyclic) bond motifs is 3. The molecule has 2 N–H and O–H groups in total. The molecule has 5 fully saturated rings. The molecular weight excluding hydrogens is 733 g/mol. The molecule has 0 amide bonds. The quantitative estimate of drug-likeness (QED) is 0.193. The molecule has 2 aromatic heterocycles. The maximum absolute atomic E-state index is 17.4. The maximum Gasteiger partial charge on any atom is 0.319 e. The first-order chi connectivity index (χ1) is 27.4. The van der Waals surface area contributed by atoms with Crippen LogP contribution in [0.25, 0.3) is 32.9 Å². The van der Waals surface area contributed by atoms with Gasteiger partial charge in [0.25, 0.3) is 0 Å². The summed E-state index contributed by atoms with van der Waals surface area (Å²) in [6, 6.07) is 5.96. The summed E-state index contributed by atoms with van der Waals surface area (Å²) in [5, 5.41) is 22.8. The van der Waals surface area contributed by atoms with Gasteiger partial charge in [0.05, 0.1) is 39.0 Å². The van der Waals surface area contributed by atoms with Crippen LogP contribution in [0.1, 0.15) is 77.2 Å². The molecule has 3 saturated heterocycles. The largest absolute Gasteiger partial charge is 0.508 e. The highest BCUT2D eigenvalue weighted by Crippen LogP contribution is 2.60. The summed E-state index contributed by atoms with van der Waals surface area (Å²) < 4.78 is 56.6. The van der Waals surface area contributed by atoms with Gasteiger partial charge in [0.2, 0.25) is 5.88 Å². The molecule has 0 unspecified atom stereocenters. The van der Waals surface area contributed by atoms with Crippen LogP contribution < -0.4 is 14.4 Å². The second-order valence-electron chi connectivity index (χ2n) is 17.6. The minimum atomic E-state index is -1.24. The van der Waals surface area contributed by atoms with Crippen molar-refractivity contribution in [2.24, 2.45) is 10.8 Å². The van der Waals surface area contributed by atoms with Crippen molar-refractivity contribution >= 4 is 27.5 Å². The third-order valence-corrected chi connectivity index (χ3v) is 14.1. The van der Waals surface area contributed by atoms with Crippen LogP contribution >= 0.6 is 0 Å². The Kier molecular flexibility index (Phi) is 9.50. The van der Waals surface area contributed by atoms with E-state index in [1.165, 1.54) is 44.2 Å². The zero-order chi connectivity index (χ0) is 39.7. The Bertz CT molecular complexity index is 2270. The fourth-order valence-electron chi connectivity index (χ4n) is 11.1. The minimum Gasteiger partial charge on any atom is -0.508 e. The number of ether oxygens (including phenoxy) is 4. The van der Waals surface area contributed by atoms with Gasteiger partial charge < -0.3 is 34.1 Å². The number of nitrogens with zero attached hydrogens (tertiary/aromatic N) is 5. The minimum absolute atomic E-state index is 0.00408. The number of hydrogen-bond acceptors (Lipinski definition) is 11. The van der Waals surface area contributed by atoms with Crippen molar-refractivity contribution in [3.05, 3.63) is 41.5 Å².